The molecule has 0 N–H and O–H groups in total. The van der Waals surface area contributed by atoms with Crippen LogP contribution in [0.5, 0.6) is 0 Å². The molecule has 1 unspecified atom stereocenters. The lowest BCUT2D eigenvalue weighted by atomic mass is 9.98. The Morgan fingerprint density at radius 2 is 1.21 bits per heavy atom. The van der Waals surface area contributed by atoms with Crippen LogP contribution in [-0.2, 0) is 0 Å². The number of hydrogen-bond acceptors (Lipinski definition) is 4. The maximum atomic E-state index is 6.97. The van der Waals surface area contributed by atoms with Crippen LogP contribution in [0, 0.1) is 0 Å². The molecule has 4 aromatic heterocycles. The van der Waals surface area contributed by atoms with E-state index in [9.17, 15) is 0 Å². The molecule has 12 aromatic rings. The van der Waals surface area contributed by atoms with Crippen LogP contribution in [0.2, 0.25) is 0 Å². The lowest BCUT2D eigenvalue weighted by Gasteiger charge is -2.16. The highest BCUT2D eigenvalue weighted by atomic mass is 16.3. The standard InChI is InChI=1S/C55H35N5O/c1-4-17-35(18-5-1)53-56-54(36-19-6-2-7-20-36)58-55(57-53)44-33-43-41-25-13-15-27-48(41)61-52(43)50-49-39-23-11-10-16-34(39)28-30-47(49)60(51(44)50)38-29-31-46-42(32-38)40-24-12-14-26-45(40)59(46)37-21-8-3-9-22-37/h1-19,21-33,36H,20H2. The molecule has 61 heavy (non-hydrogen) atoms. The van der Waals surface area contributed by atoms with E-state index in [0.29, 0.717) is 11.6 Å². The van der Waals surface area contributed by atoms with Gasteiger partial charge in [-0.1, -0.05) is 140 Å². The average Bonchev–Trinajstić information content (AvgIpc) is 4.00. The molecule has 1 atom stereocenters. The topological polar surface area (TPSA) is 61.7 Å². The van der Waals surface area contributed by atoms with Crippen LogP contribution >= 0.6 is 0 Å². The van der Waals surface area contributed by atoms with Gasteiger partial charge in [-0.3, -0.25) is 0 Å². The highest BCUT2D eigenvalue weighted by Gasteiger charge is 2.27. The smallest absolute Gasteiger partial charge is 0.165 e. The summed E-state index contributed by atoms with van der Waals surface area (Å²) in [4.78, 5) is 15.9. The van der Waals surface area contributed by atoms with Gasteiger partial charge in [0.15, 0.2) is 11.6 Å². The second kappa shape index (κ2) is 13.2. The summed E-state index contributed by atoms with van der Waals surface area (Å²) in [5.41, 5.74) is 10.1. The van der Waals surface area contributed by atoms with Crippen LogP contribution in [0.25, 0.3) is 110 Å². The first-order valence-electron chi connectivity index (χ1n) is 20.8. The van der Waals surface area contributed by atoms with Crippen molar-refractivity contribution in [3.8, 4) is 34.2 Å². The van der Waals surface area contributed by atoms with Crippen molar-refractivity contribution < 1.29 is 4.42 Å². The molecule has 13 rings (SSSR count). The van der Waals surface area contributed by atoms with Crippen LogP contribution < -0.4 is 0 Å². The molecule has 0 aliphatic heterocycles. The molecule has 4 heterocycles. The number of nitrogens with zero attached hydrogens (tertiary/aromatic N) is 5. The van der Waals surface area contributed by atoms with E-state index in [1.54, 1.807) is 0 Å². The van der Waals surface area contributed by atoms with Gasteiger partial charge in [-0.2, -0.15) is 0 Å². The molecule has 0 spiro atoms. The first-order valence-corrected chi connectivity index (χ1v) is 20.8. The molecule has 1 aliphatic rings. The van der Waals surface area contributed by atoms with Gasteiger partial charge in [-0.25, -0.2) is 15.0 Å². The van der Waals surface area contributed by atoms with Crippen molar-refractivity contribution in [1.29, 1.82) is 0 Å². The predicted molar refractivity (Wildman–Crippen MR) is 250 cm³/mol. The number of allylic oxidation sites excluding steroid dienone is 4. The zero-order chi connectivity index (χ0) is 40.0. The molecule has 0 amide bonds. The maximum absolute atomic E-state index is 6.97. The van der Waals surface area contributed by atoms with E-state index in [0.717, 1.165) is 100 Å². The zero-order valence-electron chi connectivity index (χ0n) is 32.9. The van der Waals surface area contributed by atoms with E-state index in [-0.39, 0.29) is 5.92 Å². The summed E-state index contributed by atoms with van der Waals surface area (Å²) in [5.74, 6) is 2.04. The average molecular weight is 782 g/mol. The molecule has 8 aromatic carbocycles. The van der Waals surface area contributed by atoms with Crippen molar-refractivity contribution in [2.75, 3.05) is 0 Å². The molecule has 0 fully saturated rings. The molecular weight excluding hydrogens is 747 g/mol. The number of fused-ring (bicyclic) bond motifs is 12. The number of aromatic nitrogens is 5. The Kier molecular flexibility index (Phi) is 7.33. The number of para-hydroxylation sites is 3. The Morgan fingerprint density at radius 1 is 0.492 bits per heavy atom. The minimum Gasteiger partial charge on any atom is -0.455 e. The van der Waals surface area contributed by atoms with E-state index >= 15 is 0 Å². The van der Waals surface area contributed by atoms with E-state index in [2.05, 4.69) is 179 Å². The van der Waals surface area contributed by atoms with Crippen molar-refractivity contribution in [3.05, 3.63) is 200 Å². The fourth-order valence-electron chi connectivity index (χ4n) is 9.70. The number of rotatable bonds is 5. The molecule has 0 bridgehead atoms. The molecule has 1 aliphatic carbocycles. The van der Waals surface area contributed by atoms with E-state index in [1.165, 1.54) is 10.8 Å². The predicted octanol–water partition coefficient (Wildman–Crippen LogP) is 14.1. The van der Waals surface area contributed by atoms with Gasteiger partial charge in [0, 0.05) is 55.4 Å². The van der Waals surface area contributed by atoms with Crippen molar-refractivity contribution in [1.82, 2.24) is 24.1 Å². The van der Waals surface area contributed by atoms with Gasteiger partial charge in [0.25, 0.3) is 0 Å². The van der Waals surface area contributed by atoms with Crippen LogP contribution in [0.4, 0.5) is 0 Å². The number of benzene rings is 8. The van der Waals surface area contributed by atoms with E-state index < -0.39 is 0 Å². The van der Waals surface area contributed by atoms with Gasteiger partial charge in [-0.15, -0.1) is 0 Å². The molecule has 6 nitrogen and oxygen atoms in total. The Hall–Kier alpha value is -8.09. The summed E-state index contributed by atoms with van der Waals surface area (Å²) < 4.78 is 11.8. The molecular formula is C55H35N5O. The monoisotopic (exact) mass is 781 g/mol. The normalized spacial score (nSPS) is 14.2. The van der Waals surface area contributed by atoms with Crippen LogP contribution in [0.15, 0.2) is 199 Å². The Balaban J connectivity index is 1.21. The summed E-state index contributed by atoms with van der Waals surface area (Å²) in [6.07, 6.45) is 9.38. The lowest BCUT2D eigenvalue weighted by molar-refractivity contribution is 0.673. The van der Waals surface area contributed by atoms with E-state index in [1.807, 2.05) is 24.3 Å². The zero-order valence-corrected chi connectivity index (χ0v) is 32.9. The molecule has 0 radical (unpaired) electrons. The van der Waals surface area contributed by atoms with Crippen molar-refractivity contribution in [3.63, 3.8) is 0 Å². The second-order valence-corrected chi connectivity index (χ2v) is 15.9. The van der Waals surface area contributed by atoms with Crippen LogP contribution in [0.1, 0.15) is 18.2 Å². The molecule has 286 valence electrons. The Labute approximate surface area is 350 Å². The van der Waals surface area contributed by atoms with Gasteiger partial charge in [-0.05, 0) is 71.8 Å². The van der Waals surface area contributed by atoms with Gasteiger partial charge in [0.1, 0.15) is 17.0 Å². The summed E-state index contributed by atoms with van der Waals surface area (Å²) in [6, 6.07) is 60.2. The maximum Gasteiger partial charge on any atom is 0.165 e. The Morgan fingerprint density at radius 3 is 2.07 bits per heavy atom. The van der Waals surface area contributed by atoms with Crippen molar-refractivity contribution in [2.24, 2.45) is 0 Å². The third kappa shape index (κ3) is 5.12. The summed E-state index contributed by atoms with van der Waals surface area (Å²) in [6.45, 7) is 0. The summed E-state index contributed by atoms with van der Waals surface area (Å²) in [5, 5.41) is 8.92. The lowest BCUT2D eigenvalue weighted by Crippen LogP contribution is -2.08. The van der Waals surface area contributed by atoms with Crippen molar-refractivity contribution >= 4 is 76.3 Å². The molecule has 0 saturated carbocycles. The van der Waals surface area contributed by atoms with Crippen LogP contribution in [0.3, 0.4) is 0 Å². The number of hydrogen-bond donors (Lipinski definition) is 0. The second-order valence-electron chi connectivity index (χ2n) is 15.9. The third-order valence-corrected chi connectivity index (χ3v) is 12.4. The third-order valence-electron chi connectivity index (χ3n) is 12.4. The summed E-state index contributed by atoms with van der Waals surface area (Å²) >= 11 is 0. The van der Waals surface area contributed by atoms with Gasteiger partial charge in [0.2, 0.25) is 0 Å². The molecule has 6 heteroatoms. The highest BCUT2D eigenvalue weighted by molar-refractivity contribution is 6.32. The van der Waals surface area contributed by atoms with Gasteiger partial charge < -0.3 is 13.6 Å². The molecule has 0 saturated heterocycles. The van der Waals surface area contributed by atoms with Gasteiger partial charge in [0.05, 0.1) is 27.5 Å². The minimum absolute atomic E-state index is 0.0160. The first-order chi connectivity index (χ1) is 30.3. The largest absolute Gasteiger partial charge is 0.455 e. The fraction of sp³-hybridized carbons (Fsp3) is 0.0364. The van der Waals surface area contributed by atoms with Crippen LogP contribution in [-0.4, -0.2) is 24.1 Å². The minimum atomic E-state index is 0.0160. The SMILES string of the molecule is C1=CCC(c2nc(-c3ccccc3)nc(-c3cc4c5ccccc5oc4c4c5c6ccccc6ccc5n(-c5ccc6c(c5)c5ccccc5n6-c5ccccc5)c34)n2)C=C1. The number of furan rings is 1. The highest BCUT2D eigenvalue weighted by Crippen LogP contribution is 2.47. The first kappa shape index (κ1) is 33.8. The quantitative estimate of drug-likeness (QED) is 0.174. The Bertz CT molecular complexity index is 3800. The summed E-state index contributed by atoms with van der Waals surface area (Å²) in [7, 11) is 0. The van der Waals surface area contributed by atoms with E-state index in [4.69, 9.17) is 19.4 Å². The fourth-order valence-corrected chi connectivity index (χ4v) is 9.70. The van der Waals surface area contributed by atoms with Crippen molar-refractivity contribution in [2.45, 2.75) is 12.3 Å². The van der Waals surface area contributed by atoms with Gasteiger partial charge >= 0.3 is 0 Å².